The molecule has 18 heavy (non-hydrogen) atoms. The van der Waals surface area contributed by atoms with Gasteiger partial charge in [0.05, 0.1) is 5.25 Å². The largest absolute Gasteiger partial charge is 0.399 e. The molecule has 5 nitrogen and oxygen atoms in total. The number of amides is 1. The van der Waals surface area contributed by atoms with Crippen molar-refractivity contribution < 1.29 is 4.79 Å². The lowest BCUT2D eigenvalue weighted by Gasteiger charge is -2.10. The molecule has 0 saturated heterocycles. The number of carbonyl (C=O) groups is 1. The molecule has 1 heterocycles. The maximum absolute atomic E-state index is 11.9. The molecule has 1 unspecified atom stereocenters. The zero-order valence-electron chi connectivity index (χ0n) is 9.66. The molecule has 2 aromatic rings. The van der Waals surface area contributed by atoms with Crippen LogP contribution in [0.3, 0.4) is 0 Å². The molecule has 94 valence electrons. The van der Waals surface area contributed by atoms with Crippen LogP contribution in [0.4, 0.5) is 11.4 Å². The lowest BCUT2D eigenvalue weighted by Crippen LogP contribution is -2.22. The topological polar surface area (TPSA) is 80.9 Å². The van der Waals surface area contributed by atoms with Gasteiger partial charge in [0.15, 0.2) is 4.34 Å². The van der Waals surface area contributed by atoms with E-state index in [4.69, 9.17) is 5.73 Å². The first-order valence-corrected chi connectivity index (χ1v) is 6.90. The summed E-state index contributed by atoms with van der Waals surface area (Å²) >= 11 is 2.66. The zero-order chi connectivity index (χ0) is 13.0. The molecule has 1 atom stereocenters. The quantitative estimate of drug-likeness (QED) is 0.663. The number of hydrogen-bond donors (Lipinski definition) is 2. The predicted octanol–water partition coefficient (Wildman–Crippen LogP) is 2.24. The second-order valence-electron chi connectivity index (χ2n) is 3.58. The number of nitrogens with two attached hydrogens (primary N) is 1. The second kappa shape index (κ2) is 5.83. The van der Waals surface area contributed by atoms with Crippen LogP contribution in [0.2, 0.25) is 0 Å². The Morgan fingerprint density at radius 3 is 3.06 bits per heavy atom. The molecule has 0 bridgehead atoms. The molecule has 1 aromatic heterocycles. The van der Waals surface area contributed by atoms with Gasteiger partial charge in [-0.2, -0.15) is 4.37 Å². The van der Waals surface area contributed by atoms with Crippen LogP contribution in [0, 0.1) is 0 Å². The van der Waals surface area contributed by atoms with E-state index in [0.717, 1.165) is 4.34 Å². The van der Waals surface area contributed by atoms with Crippen molar-refractivity contribution in [2.75, 3.05) is 11.1 Å². The molecule has 0 aliphatic rings. The Kier molecular flexibility index (Phi) is 4.16. The van der Waals surface area contributed by atoms with Crippen LogP contribution in [-0.2, 0) is 4.79 Å². The molecular weight excluding hydrogens is 268 g/mol. The molecule has 7 heteroatoms. The van der Waals surface area contributed by atoms with Gasteiger partial charge >= 0.3 is 0 Å². The average molecular weight is 280 g/mol. The summed E-state index contributed by atoms with van der Waals surface area (Å²) in [6.07, 6.45) is 1.48. The van der Waals surface area contributed by atoms with E-state index in [9.17, 15) is 4.79 Å². The van der Waals surface area contributed by atoms with E-state index >= 15 is 0 Å². The Morgan fingerprint density at radius 1 is 1.56 bits per heavy atom. The Bertz CT molecular complexity index is 530. The van der Waals surface area contributed by atoms with E-state index in [1.54, 1.807) is 24.3 Å². The number of nitrogens with zero attached hydrogens (tertiary/aromatic N) is 2. The van der Waals surface area contributed by atoms with Crippen molar-refractivity contribution in [3.05, 3.63) is 30.6 Å². The minimum Gasteiger partial charge on any atom is -0.399 e. The number of aromatic nitrogens is 2. The summed E-state index contributed by atoms with van der Waals surface area (Å²) in [6.45, 7) is 1.83. The highest BCUT2D eigenvalue weighted by molar-refractivity contribution is 8.02. The molecule has 0 aliphatic heterocycles. The second-order valence-corrected chi connectivity index (χ2v) is 5.95. The smallest absolute Gasteiger partial charge is 0.237 e. The summed E-state index contributed by atoms with van der Waals surface area (Å²) in [5.74, 6) is -0.0826. The lowest BCUT2D eigenvalue weighted by atomic mass is 10.3. The molecule has 0 fully saturated rings. The Balaban J connectivity index is 1.95. The molecule has 0 spiro atoms. The fourth-order valence-corrected chi connectivity index (χ4v) is 2.87. The van der Waals surface area contributed by atoms with Gasteiger partial charge in [-0.15, -0.1) is 0 Å². The van der Waals surface area contributed by atoms with Crippen molar-refractivity contribution in [3.8, 4) is 0 Å². The van der Waals surface area contributed by atoms with E-state index in [1.807, 2.05) is 6.92 Å². The van der Waals surface area contributed by atoms with Crippen molar-refractivity contribution in [2.45, 2.75) is 16.5 Å². The molecule has 2 rings (SSSR count). The third-order valence-corrected chi connectivity index (χ3v) is 3.99. The maximum atomic E-state index is 11.9. The third kappa shape index (κ3) is 3.44. The lowest BCUT2D eigenvalue weighted by molar-refractivity contribution is -0.115. The predicted molar refractivity (Wildman–Crippen MR) is 74.7 cm³/mol. The summed E-state index contributed by atoms with van der Waals surface area (Å²) in [5.41, 5.74) is 6.97. The van der Waals surface area contributed by atoms with Gasteiger partial charge in [0.25, 0.3) is 0 Å². The first kappa shape index (κ1) is 12.8. The van der Waals surface area contributed by atoms with Crippen LogP contribution >= 0.6 is 23.3 Å². The summed E-state index contributed by atoms with van der Waals surface area (Å²) in [5, 5.41) is 2.57. The average Bonchev–Trinajstić information content (AvgIpc) is 2.81. The van der Waals surface area contributed by atoms with Gasteiger partial charge in [-0.3, -0.25) is 4.79 Å². The Hall–Kier alpha value is -1.60. The van der Waals surface area contributed by atoms with Gasteiger partial charge in [-0.25, -0.2) is 4.98 Å². The number of rotatable bonds is 4. The number of nitrogen functional groups attached to an aromatic ring is 1. The highest BCUT2D eigenvalue weighted by Gasteiger charge is 2.16. The fraction of sp³-hybridized carbons (Fsp3) is 0.182. The van der Waals surface area contributed by atoms with Crippen LogP contribution in [0.25, 0.3) is 0 Å². The van der Waals surface area contributed by atoms with Crippen LogP contribution in [0.1, 0.15) is 6.92 Å². The number of benzene rings is 1. The van der Waals surface area contributed by atoms with E-state index in [-0.39, 0.29) is 11.2 Å². The molecule has 0 radical (unpaired) electrons. The number of carbonyl (C=O) groups excluding carboxylic acids is 1. The number of nitrogens with one attached hydrogen (secondary N) is 1. The summed E-state index contributed by atoms with van der Waals surface area (Å²) in [7, 11) is 0. The molecule has 1 aromatic carbocycles. The first-order valence-electron chi connectivity index (χ1n) is 5.25. The monoisotopic (exact) mass is 280 g/mol. The van der Waals surface area contributed by atoms with Gasteiger partial charge in [-0.1, -0.05) is 17.8 Å². The Morgan fingerprint density at radius 2 is 2.39 bits per heavy atom. The van der Waals surface area contributed by atoms with Crippen molar-refractivity contribution >= 4 is 40.6 Å². The first-order chi connectivity index (χ1) is 8.65. The summed E-state index contributed by atoms with van der Waals surface area (Å²) in [6, 6.07) is 7.10. The van der Waals surface area contributed by atoms with Crippen molar-refractivity contribution in [1.29, 1.82) is 0 Å². The van der Waals surface area contributed by atoms with Crippen LogP contribution in [-0.4, -0.2) is 20.5 Å². The highest BCUT2D eigenvalue weighted by Crippen LogP contribution is 2.24. The van der Waals surface area contributed by atoms with Crippen LogP contribution in [0.15, 0.2) is 34.9 Å². The zero-order valence-corrected chi connectivity index (χ0v) is 11.3. The van der Waals surface area contributed by atoms with E-state index in [2.05, 4.69) is 14.7 Å². The molecule has 3 N–H and O–H groups in total. The number of hydrogen-bond acceptors (Lipinski definition) is 6. The summed E-state index contributed by atoms with van der Waals surface area (Å²) in [4.78, 5) is 16.0. The van der Waals surface area contributed by atoms with Crippen molar-refractivity contribution in [2.24, 2.45) is 0 Å². The standard InChI is InChI=1S/C11H12N4OS2/c1-7(17-11-13-6-14-18-11)10(16)15-9-4-2-3-8(12)5-9/h2-7H,12H2,1H3,(H,15,16). The Labute approximate surface area is 113 Å². The molecule has 0 saturated carbocycles. The van der Waals surface area contributed by atoms with Gasteiger partial charge in [0, 0.05) is 11.4 Å². The number of anilines is 2. The molecule has 0 aliphatic carbocycles. The normalized spacial score (nSPS) is 12.1. The van der Waals surface area contributed by atoms with Gasteiger partial charge in [-0.05, 0) is 36.7 Å². The molecular formula is C11H12N4OS2. The van der Waals surface area contributed by atoms with Crippen LogP contribution in [0.5, 0.6) is 0 Å². The fourth-order valence-electron chi connectivity index (χ4n) is 1.28. The SMILES string of the molecule is CC(Sc1ncns1)C(=O)Nc1cccc(N)c1. The van der Waals surface area contributed by atoms with Crippen LogP contribution < -0.4 is 11.1 Å². The minimum atomic E-state index is -0.237. The van der Waals surface area contributed by atoms with E-state index < -0.39 is 0 Å². The van der Waals surface area contributed by atoms with E-state index in [0.29, 0.717) is 11.4 Å². The summed E-state index contributed by atoms with van der Waals surface area (Å²) < 4.78 is 4.67. The highest BCUT2D eigenvalue weighted by atomic mass is 32.2. The van der Waals surface area contributed by atoms with Gasteiger partial charge in [0.1, 0.15) is 6.33 Å². The van der Waals surface area contributed by atoms with E-state index in [1.165, 1.54) is 29.6 Å². The molecule has 1 amide bonds. The number of thioether (sulfide) groups is 1. The van der Waals surface area contributed by atoms with Gasteiger partial charge < -0.3 is 11.1 Å². The van der Waals surface area contributed by atoms with Crippen molar-refractivity contribution in [1.82, 2.24) is 9.36 Å². The van der Waals surface area contributed by atoms with Gasteiger partial charge in [0.2, 0.25) is 5.91 Å². The van der Waals surface area contributed by atoms with Crippen molar-refractivity contribution in [3.63, 3.8) is 0 Å². The minimum absolute atomic E-state index is 0.0826. The third-order valence-electron chi connectivity index (χ3n) is 2.14. The maximum Gasteiger partial charge on any atom is 0.237 e.